The van der Waals surface area contributed by atoms with Crippen LogP contribution in [-0.2, 0) is 14.3 Å². The topological polar surface area (TPSA) is 49.9 Å². The lowest BCUT2D eigenvalue weighted by atomic mass is 9.84. The highest BCUT2D eigenvalue weighted by atomic mass is 16.5. The lowest BCUT2D eigenvalue weighted by Crippen LogP contribution is -2.39. The van der Waals surface area contributed by atoms with Crippen molar-refractivity contribution in [1.82, 2.24) is 9.80 Å². The minimum absolute atomic E-state index is 0.205. The van der Waals surface area contributed by atoms with Crippen LogP contribution in [0.2, 0.25) is 0 Å². The maximum Gasteiger partial charge on any atom is 0.225 e. The fourth-order valence-corrected chi connectivity index (χ4v) is 4.26. The number of amides is 2. The van der Waals surface area contributed by atoms with Crippen molar-refractivity contribution >= 4 is 11.8 Å². The molecule has 0 aromatic carbocycles. The van der Waals surface area contributed by atoms with Crippen LogP contribution in [0, 0.1) is 17.8 Å². The molecule has 2 amide bonds. The first kappa shape index (κ1) is 13.6. The molecule has 0 unspecified atom stereocenters. The average Bonchev–Trinajstić information content (AvgIpc) is 3.06. The molecule has 21 heavy (non-hydrogen) atoms. The highest BCUT2D eigenvalue weighted by molar-refractivity contribution is 5.80. The molecule has 0 N–H and O–H groups in total. The molecule has 4 rings (SSSR count). The Morgan fingerprint density at radius 2 is 2.10 bits per heavy atom. The molecule has 5 heteroatoms. The molecule has 3 heterocycles. The zero-order chi connectivity index (χ0) is 14.4. The Bertz CT molecular complexity index is 449. The standard InChI is InChI=1S/C16H24N2O3/c19-15-5-2-6-17(15)7-12-10-21-14-9-18(8-13(12)14)16(20)11-3-1-4-11/h11-14H,1-10H2/t12-,13-,14-/m1/s1. The predicted octanol–water partition coefficient (Wildman–Crippen LogP) is 0.882. The third-order valence-corrected chi connectivity index (χ3v) is 5.83. The van der Waals surface area contributed by atoms with Crippen LogP contribution >= 0.6 is 0 Å². The normalized spacial score (nSPS) is 36.2. The summed E-state index contributed by atoms with van der Waals surface area (Å²) in [5.74, 6) is 1.76. The maximum absolute atomic E-state index is 12.4. The Hall–Kier alpha value is -1.10. The maximum atomic E-state index is 12.4. The van der Waals surface area contributed by atoms with E-state index >= 15 is 0 Å². The molecule has 4 aliphatic rings. The van der Waals surface area contributed by atoms with E-state index in [0.717, 1.165) is 52.0 Å². The van der Waals surface area contributed by atoms with Crippen LogP contribution in [0.15, 0.2) is 0 Å². The monoisotopic (exact) mass is 292 g/mol. The smallest absolute Gasteiger partial charge is 0.225 e. The van der Waals surface area contributed by atoms with Crippen LogP contribution in [0.3, 0.4) is 0 Å². The Balaban J connectivity index is 1.36. The van der Waals surface area contributed by atoms with E-state index in [1.165, 1.54) is 6.42 Å². The fourth-order valence-electron chi connectivity index (χ4n) is 4.26. The van der Waals surface area contributed by atoms with Gasteiger partial charge in [0.1, 0.15) is 0 Å². The molecule has 3 atom stereocenters. The third kappa shape index (κ3) is 2.35. The highest BCUT2D eigenvalue weighted by Crippen LogP contribution is 2.37. The second-order valence-electron chi connectivity index (χ2n) is 7.11. The summed E-state index contributed by atoms with van der Waals surface area (Å²) in [6, 6.07) is 0. The van der Waals surface area contributed by atoms with E-state index in [-0.39, 0.29) is 12.0 Å². The van der Waals surface area contributed by atoms with E-state index in [1.807, 2.05) is 9.80 Å². The van der Waals surface area contributed by atoms with E-state index in [4.69, 9.17) is 4.74 Å². The summed E-state index contributed by atoms with van der Waals surface area (Å²) in [5.41, 5.74) is 0. The molecule has 0 spiro atoms. The second-order valence-corrected chi connectivity index (χ2v) is 7.11. The van der Waals surface area contributed by atoms with Gasteiger partial charge in [-0.1, -0.05) is 6.42 Å². The van der Waals surface area contributed by atoms with Gasteiger partial charge in [-0.3, -0.25) is 9.59 Å². The number of carbonyl (C=O) groups is 2. The van der Waals surface area contributed by atoms with Crippen molar-refractivity contribution in [2.24, 2.45) is 17.8 Å². The number of fused-ring (bicyclic) bond motifs is 1. The van der Waals surface area contributed by atoms with Gasteiger partial charge in [0.25, 0.3) is 0 Å². The molecule has 0 bridgehead atoms. The lowest BCUT2D eigenvalue weighted by molar-refractivity contribution is -0.138. The van der Waals surface area contributed by atoms with Gasteiger partial charge in [-0.2, -0.15) is 0 Å². The van der Waals surface area contributed by atoms with Gasteiger partial charge in [-0.25, -0.2) is 0 Å². The zero-order valence-electron chi connectivity index (χ0n) is 12.5. The fraction of sp³-hybridized carbons (Fsp3) is 0.875. The van der Waals surface area contributed by atoms with Crippen LogP contribution in [0.1, 0.15) is 32.1 Å². The molecule has 0 radical (unpaired) electrons. The van der Waals surface area contributed by atoms with Gasteiger partial charge >= 0.3 is 0 Å². The SMILES string of the molecule is O=C1CCCN1C[C@@H]1CO[C@@H]2CN(C(=O)C3CCC3)C[C@H]12. The number of carbonyl (C=O) groups excluding carboxylic acids is 2. The number of hydrogen-bond acceptors (Lipinski definition) is 3. The van der Waals surface area contributed by atoms with E-state index in [9.17, 15) is 9.59 Å². The van der Waals surface area contributed by atoms with Crippen LogP contribution in [0.4, 0.5) is 0 Å². The van der Waals surface area contributed by atoms with Gasteiger partial charge in [-0.15, -0.1) is 0 Å². The largest absolute Gasteiger partial charge is 0.376 e. The number of nitrogens with zero attached hydrogens (tertiary/aromatic N) is 2. The van der Waals surface area contributed by atoms with Crippen LogP contribution in [0.25, 0.3) is 0 Å². The van der Waals surface area contributed by atoms with Crippen molar-refractivity contribution in [2.45, 2.75) is 38.2 Å². The molecule has 4 fully saturated rings. The molecule has 0 aromatic heterocycles. The van der Waals surface area contributed by atoms with Crippen molar-refractivity contribution in [3.63, 3.8) is 0 Å². The number of rotatable bonds is 3. The summed E-state index contributed by atoms with van der Waals surface area (Å²) < 4.78 is 5.91. The molecule has 5 nitrogen and oxygen atoms in total. The Kier molecular flexibility index (Phi) is 3.40. The average molecular weight is 292 g/mol. The molecular weight excluding hydrogens is 268 g/mol. The Labute approximate surface area is 125 Å². The molecule has 1 aliphatic carbocycles. The van der Waals surface area contributed by atoms with Crippen molar-refractivity contribution in [2.75, 3.05) is 32.8 Å². The summed E-state index contributed by atoms with van der Waals surface area (Å²) in [5, 5.41) is 0. The molecule has 3 aliphatic heterocycles. The summed E-state index contributed by atoms with van der Waals surface area (Å²) in [4.78, 5) is 28.2. The van der Waals surface area contributed by atoms with Crippen LogP contribution in [-0.4, -0.2) is 60.5 Å². The van der Waals surface area contributed by atoms with Crippen LogP contribution in [0.5, 0.6) is 0 Å². The quantitative estimate of drug-likeness (QED) is 0.776. The van der Waals surface area contributed by atoms with Crippen LogP contribution < -0.4 is 0 Å². The van der Waals surface area contributed by atoms with Crippen molar-refractivity contribution < 1.29 is 14.3 Å². The molecular formula is C16H24N2O3. The van der Waals surface area contributed by atoms with E-state index < -0.39 is 0 Å². The van der Waals surface area contributed by atoms with Crippen molar-refractivity contribution in [3.8, 4) is 0 Å². The molecule has 116 valence electrons. The Morgan fingerprint density at radius 3 is 2.76 bits per heavy atom. The Morgan fingerprint density at radius 1 is 1.24 bits per heavy atom. The first-order valence-corrected chi connectivity index (χ1v) is 8.40. The summed E-state index contributed by atoms with van der Waals surface area (Å²) in [6.45, 7) is 4.09. The highest BCUT2D eigenvalue weighted by Gasteiger charge is 2.47. The predicted molar refractivity (Wildman–Crippen MR) is 76.5 cm³/mol. The summed E-state index contributed by atoms with van der Waals surface area (Å²) in [6.07, 6.45) is 5.24. The summed E-state index contributed by atoms with van der Waals surface area (Å²) in [7, 11) is 0. The number of ether oxygens (including phenoxy) is 1. The molecule has 0 aromatic rings. The van der Waals surface area contributed by atoms with Gasteiger partial charge in [0.05, 0.1) is 12.7 Å². The van der Waals surface area contributed by atoms with Gasteiger partial charge in [0.2, 0.25) is 11.8 Å². The van der Waals surface area contributed by atoms with E-state index in [2.05, 4.69) is 0 Å². The first-order valence-electron chi connectivity index (χ1n) is 8.40. The van der Waals surface area contributed by atoms with Crippen molar-refractivity contribution in [3.05, 3.63) is 0 Å². The minimum Gasteiger partial charge on any atom is -0.376 e. The van der Waals surface area contributed by atoms with Gasteiger partial charge < -0.3 is 14.5 Å². The number of hydrogen-bond donors (Lipinski definition) is 0. The third-order valence-electron chi connectivity index (χ3n) is 5.83. The van der Waals surface area contributed by atoms with E-state index in [1.54, 1.807) is 0 Å². The van der Waals surface area contributed by atoms with Gasteiger partial charge in [0, 0.05) is 50.4 Å². The van der Waals surface area contributed by atoms with Crippen molar-refractivity contribution in [1.29, 1.82) is 0 Å². The zero-order valence-corrected chi connectivity index (χ0v) is 12.5. The van der Waals surface area contributed by atoms with Gasteiger partial charge in [-0.05, 0) is 19.3 Å². The number of likely N-dealkylation sites (tertiary alicyclic amines) is 2. The first-order chi connectivity index (χ1) is 10.2. The molecule has 3 saturated heterocycles. The minimum atomic E-state index is 0.205. The van der Waals surface area contributed by atoms with E-state index in [0.29, 0.717) is 30.1 Å². The second kappa shape index (κ2) is 5.27. The summed E-state index contributed by atoms with van der Waals surface area (Å²) >= 11 is 0. The lowest BCUT2D eigenvalue weighted by Gasteiger charge is -2.30. The van der Waals surface area contributed by atoms with Gasteiger partial charge in [0.15, 0.2) is 0 Å². The molecule has 1 saturated carbocycles.